The van der Waals surface area contributed by atoms with Gasteiger partial charge in [-0.3, -0.25) is 4.79 Å². The second kappa shape index (κ2) is 8.00. The standard InChI is InChI=1S/C14H17IN2O3S/c1-2-20-7-3-6-17-12-5-4-10(15)8-11(12)16-14(17)21-9-13(18)19/h4-5,8H,2-3,6-7,9H2,1H3,(H,18,19). The van der Waals surface area contributed by atoms with Gasteiger partial charge < -0.3 is 14.4 Å². The minimum absolute atomic E-state index is 0.0197. The molecule has 0 aliphatic heterocycles. The van der Waals surface area contributed by atoms with Gasteiger partial charge in [-0.2, -0.15) is 0 Å². The molecule has 1 aromatic heterocycles. The van der Waals surface area contributed by atoms with E-state index >= 15 is 0 Å². The molecule has 0 fully saturated rings. The highest BCUT2D eigenvalue weighted by atomic mass is 127. The van der Waals surface area contributed by atoms with Gasteiger partial charge in [-0.05, 0) is 54.1 Å². The average molecular weight is 420 g/mol. The Balaban J connectivity index is 2.23. The molecule has 114 valence electrons. The Morgan fingerprint density at radius 2 is 2.33 bits per heavy atom. The van der Waals surface area contributed by atoms with Gasteiger partial charge in [0.25, 0.3) is 0 Å². The fourth-order valence-corrected chi connectivity index (χ4v) is 3.24. The zero-order valence-electron chi connectivity index (χ0n) is 11.7. The van der Waals surface area contributed by atoms with Crippen LogP contribution in [0.25, 0.3) is 11.0 Å². The van der Waals surface area contributed by atoms with Gasteiger partial charge in [0.1, 0.15) is 0 Å². The number of hydrogen-bond donors (Lipinski definition) is 1. The molecule has 1 N–H and O–H groups in total. The number of aliphatic carboxylic acids is 1. The van der Waals surface area contributed by atoms with Crippen molar-refractivity contribution in [3.05, 3.63) is 21.8 Å². The molecule has 2 aromatic rings. The first kappa shape index (κ1) is 16.6. The monoisotopic (exact) mass is 420 g/mol. The van der Waals surface area contributed by atoms with Crippen LogP contribution in [-0.4, -0.2) is 39.6 Å². The van der Waals surface area contributed by atoms with Gasteiger partial charge in [-0.15, -0.1) is 0 Å². The number of carbonyl (C=O) groups is 1. The predicted octanol–water partition coefficient (Wildman–Crippen LogP) is 3.24. The lowest BCUT2D eigenvalue weighted by atomic mass is 10.3. The van der Waals surface area contributed by atoms with E-state index in [1.807, 2.05) is 25.1 Å². The summed E-state index contributed by atoms with van der Waals surface area (Å²) in [7, 11) is 0. The first-order valence-electron chi connectivity index (χ1n) is 6.70. The predicted molar refractivity (Wildman–Crippen MR) is 91.9 cm³/mol. The SMILES string of the molecule is CCOCCCn1c(SCC(=O)O)nc2cc(I)ccc21. The summed E-state index contributed by atoms with van der Waals surface area (Å²) >= 11 is 3.51. The number of ether oxygens (including phenoxy) is 1. The number of hydrogen-bond acceptors (Lipinski definition) is 4. The summed E-state index contributed by atoms with van der Waals surface area (Å²) in [6.07, 6.45) is 0.881. The zero-order valence-corrected chi connectivity index (χ0v) is 14.7. The highest BCUT2D eigenvalue weighted by molar-refractivity contribution is 14.1. The lowest BCUT2D eigenvalue weighted by Gasteiger charge is -2.08. The van der Waals surface area contributed by atoms with Crippen LogP contribution in [0.3, 0.4) is 0 Å². The highest BCUT2D eigenvalue weighted by Gasteiger charge is 2.12. The minimum Gasteiger partial charge on any atom is -0.481 e. The van der Waals surface area contributed by atoms with Crippen LogP contribution in [0.15, 0.2) is 23.4 Å². The lowest BCUT2D eigenvalue weighted by molar-refractivity contribution is -0.133. The molecule has 21 heavy (non-hydrogen) atoms. The maximum atomic E-state index is 10.8. The number of carboxylic acid groups (broad SMARTS) is 1. The molecule has 0 aliphatic carbocycles. The molecule has 7 heteroatoms. The van der Waals surface area contributed by atoms with Crippen molar-refractivity contribution in [1.29, 1.82) is 0 Å². The fourth-order valence-electron chi connectivity index (χ4n) is 2.00. The van der Waals surface area contributed by atoms with Gasteiger partial charge in [-0.25, -0.2) is 4.98 Å². The normalized spacial score (nSPS) is 11.1. The molecule has 0 saturated heterocycles. The van der Waals surface area contributed by atoms with Crippen molar-refractivity contribution in [3.8, 4) is 0 Å². The van der Waals surface area contributed by atoms with Crippen molar-refractivity contribution < 1.29 is 14.6 Å². The van der Waals surface area contributed by atoms with E-state index in [2.05, 4.69) is 32.1 Å². The summed E-state index contributed by atoms with van der Waals surface area (Å²) in [5, 5.41) is 9.61. The number of fused-ring (bicyclic) bond motifs is 1. The van der Waals surface area contributed by atoms with Gasteiger partial charge >= 0.3 is 5.97 Å². The maximum absolute atomic E-state index is 10.8. The summed E-state index contributed by atoms with van der Waals surface area (Å²) < 4.78 is 8.57. The average Bonchev–Trinajstić information content (AvgIpc) is 2.78. The van der Waals surface area contributed by atoms with Crippen molar-refractivity contribution in [2.24, 2.45) is 0 Å². The number of rotatable bonds is 8. The van der Waals surface area contributed by atoms with Crippen LogP contribution in [-0.2, 0) is 16.1 Å². The van der Waals surface area contributed by atoms with Gasteiger partial charge in [0.2, 0.25) is 0 Å². The molecular weight excluding hydrogens is 403 g/mol. The van der Waals surface area contributed by atoms with E-state index in [0.29, 0.717) is 13.2 Å². The molecule has 1 heterocycles. The molecule has 0 saturated carbocycles. The molecule has 0 unspecified atom stereocenters. The molecule has 0 atom stereocenters. The fraction of sp³-hybridized carbons (Fsp3) is 0.429. The van der Waals surface area contributed by atoms with E-state index < -0.39 is 5.97 Å². The highest BCUT2D eigenvalue weighted by Crippen LogP contribution is 2.25. The summed E-state index contributed by atoms with van der Waals surface area (Å²) in [6, 6.07) is 6.09. The van der Waals surface area contributed by atoms with Crippen LogP contribution in [0.2, 0.25) is 0 Å². The second-order valence-corrected chi connectivity index (χ2v) is 6.60. The van der Waals surface area contributed by atoms with Crippen molar-refractivity contribution in [2.75, 3.05) is 19.0 Å². The summed E-state index contributed by atoms with van der Waals surface area (Å²) in [5.41, 5.74) is 1.95. The van der Waals surface area contributed by atoms with E-state index in [4.69, 9.17) is 9.84 Å². The van der Waals surface area contributed by atoms with Crippen molar-refractivity contribution >= 4 is 51.4 Å². The van der Waals surface area contributed by atoms with Crippen LogP contribution >= 0.6 is 34.4 Å². The van der Waals surface area contributed by atoms with Crippen LogP contribution in [0.1, 0.15) is 13.3 Å². The summed E-state index contributed by atoms with van der Waals surface area (Å²) in [5.74, 6) is -0.811. The van der Waals surface area contributed by atoms with Gasteiger partial charge in [-0.1, -0.05) is 11.8 Å². The third kappa shape index (κ3) is 4.58. The Kier molecular flexibility index (Phi) is 6.31. The smallest absolute Gasteiger partial charge is 0.313 e. The number of aryl methyl sites for hydroxylation is 1. The molecule has 0 aliphatic rings. The van der Waals surface area contributed by atoms with E-state index in [-0.39, 0.29) is 5.75 Å². The van der Waals surface area contributed by atoms with E-state index in [1.54, 1.807) is 0 Å². The van der Waals surface area contributed by atoms with Crippen LogP contribution in [0, 0.1) is 3.57 Å². The number of nitrogens with zero attached hydrogens (tertiary/aromatic N) is 2. The van der Waals surface area contributed by atoms with Crippen molar-refractivity contribution in [1.82, 2.24) is 9.55 Å². The van der Waals surface area contributed by atoms with Gasteiger partial charge in [0.15, 0.2) is 5.16 Å². The molecular formula is C14H17IN2O3S. The van der Waals surface area contributed by atoms with E-state index in [9.17, 15) is 4.79 Å². The number of aromatic nitrogens is 2. The summed E-state index contributed by atoms with van der Waals surface area (Å²) in [4.78, 5) is 15.3. The number of carboxylic acids is 1. The van der Waals surface area contributed by atoms with E-state index in [0.717, 1.165) is 32.7 Å². The summed E-state index contributed by atoms with van der Waals surface area (Å²) in [6.45, 7) is 4.16. The Morgan fingerprint density at radius 3 is 3.05 bits per heavy atom. The second-order valence-electron chi connectivity index (χ2n) is 4.41. The minimum atomic E-state index is -0.831. The molecule has 0 spiro atoms. The van der Waals surface area contributed by atoms with Crippen LogP contribution in [0.5, 0.6) is 0 Å². The van der Waals surface area contributed by atoms with Crippen molar-refractivity contribution in [2.45, 2.75) is 25.0 Å². The zero-order chi connectivity index (χ0) is 15.2. The molecule has 0 bridgehead atoms. The first-order chi connectivity index (χ1) is 10.1. The quantitative estimate of drug-likeness (QED) is 0.404. The third-order valence-corrected chi connectivity index (χ3v) is 4.51. The number of benzene rings is 1. The van der Waals surface area contributed by atoms with Crippen molar-refractivity contribution in [3.63, 3.8) is 0 Å². The van der Waals surface area contributed by atoms with Crippen LogP contribution < -0.4 is 0 Å². The molecule has 2 rings (SSSR count). The molecule has 5 nitrogen and oxygen atoms in total. The van der Waals surface area contributed by atoms with E-state index in [1.165, 1.54) is 11.8 Å². The van der Waals surface area contributed by atoms with Crippen LogP contribution in [0.4, 0.5) is 0 Å². The number of thioether (sulfide) groups is 1. The van der Waals surface area contributed by atoms with Gasteiger partial charge in [0.05, 0.1) is 16.8 Å². The van der Waals surface area contributed by atoms with Gasteiger partial charge in [0, 0.05) is 23.3 Å². The lowest BCUT2D eigenvalue weighted by Crippen LogP contribution is -2.06. The number of halogens is 1. The number of imidazole rings is 1. The third-order valence-electron chi connectivity index (χ3n) is 2.87. The Morgan fingerprint density at radius 1 is 1.52 bits per heavy atom. The maximum Gasteiger partial charge on any atom is 0.313 e. The molecule has 1 aromatic carbocycles. The Labute approximate surface area is 141 Å². The first-order valence-corrected chi connectivity index (χ1v) is 8.76. The largest absolute Gasteiger partial charge is 0.481 e. The molecule has 0 amide bonds. The Bertz CT molecular complexity index is 630. The molecule has 0 radical (unpaired) electrons. The topological polar surface area (TPSA) is 64.3 Å². The Hall–Kier alpha value is -0.800.